The number of carboxylic acids is 1. The summed E-state index contributed by atoms with van der Waals surface area (Å²) in [6.45, 7) is 7.55. The summed E-state index contributed by atoms with van der Waals surface area (Å²) in [6, 6.07) is -5.25. The Morgan fingerprint density at radius 2 is 1.58 bits per heavy atom. The van der Waals surface area contributed by atoms with Gasteiger partial charge in [-0.05, 0) is 43.9 Å². The Kier molecular flexibility index (Phi) is 15.4. The van der Waals surface area contributed by atoms with Crippen LogP contribution >= 0.6 is 0 Å². The number of rotatable bonds is 18. The maximum atomic E-state index is 13.7. The van der Waals surface area contributed by atoms with Crippen molar-refractivity contribution in [1.29, 1.82) is 0 Å². The van der Waals surface area contributed by atoms with Gasteiger partial charge in [0.05, 0.1) is 6.04 Å². The fraction of sp³-hybridized carbons (Fsp3) is 0.741. The molecule has 6 atom stereocenters. The van der Waals surface area contributed by atoms with E-state index in [1.165, 1.54) is 4.90 Å². The van der Waals surface area contributed by atoms with Crippen LogP contribution in [0.5, 0.6) is 0 Å². The van der Waals surface area contributed by atoms with Crippen molar-refractivity contribution >= 4 is 41.5 Å². The van der Waals surface area contributed by atoms with Gasteiger partial charge in [-0.1, -0.05) is 34.1 Å². The number of nitrogens with zero attached hydrogens (tertiary/aromatic N) is 2. The summed E-state index contributed by atoms with van der Waals surface area (Å²) in [4.78, 5) is 81.0. The molecule has 0 aromatic carbocycles. The van der Waals surface area contributed by atoms with Crippen LogP contribution in [-0.4, -0.2) is 94.8 Å². The van der Waals surface area contributed by atoms with Crippen LogP contribution in [0.25, 0.3) is 0 Å². The number of aliphatic imine (C=N–C) groups is 1. The molecule has 0 radical (unpaired) electrons. The van der Waals surface area contributed by atoms with E-state index < -0.39 is 71.6 Å². The standard InChI is InChI=1S/C27H49N9O7/c1-5-15(4)20(29)23(39)33-16(8-6-12-32-27(30)31)25(41)36-13-7-9-18(36)22(38)35-21(14(2)3)24(40)34-17(26(42)43)10-11-19(28)37/h14-18,20-21H,5-13,29H2,1-4H3,(H2,28,37)(H,33,39)(H,34,40)(H,35,38)(H,42,43)(H4,30,31,32)/t15-,16-,17-,18-,20-,21-/m0/s1. The quantitative estimate of drug-likeness (QED) is 0.0473. The minimum absolute atomic E-state index is 0.103. The third-order valence-electron chi connectivity index (χ3n) is 7.50. The van der Waals surface area contributed by atoms with Crippen molar-refractivity contribution in [3.05, 3.63) is 0 Å². The molecule has 0 saturated carbocycles. The van der Waals surface area contributed by atoms with Crippen molar-refractivity contribution in [3.63, 3.8) is 0 Å². The molecule has 16 heteroatoms. The highest BCUT2D eigenvalue weighted by Crippen LogP contribution is 2.21. The van der Waals surface area contributed by atoms with Gasteiger partial charge in [0.1, 0.15) is 24.2 Å². The first kappa shape index (κ1) is 37.1. The molecule has 1 saturated heterocycles. The lowest BCUT2D eigenvalue weighted by Crippen LogP contribution is -2.59. The van der Waals surface area contributed by atoms with Gasteiger partial charge < -0.3 is 48.9 Å². The largest absolute Gasteiger partial charge is 0.480 e. The van der Waals surface area contributed by atoms with Gasteiger partial charge in [0, 0.05) is 19.5 Å². The summed E-state index contributed by atoms with van der Waals surface area (Å²) in [5.74, 6) is -5.04. The predicted molar refractivity (Wildman–Crippen MR) is 159 cm³/mol. The maximum absolute atomic E-state index is 13.7. The highest BCUT2D eigenvalue weighted by Gasteiger charge is 2.40. The Hall–Kier alpha value is -3.95. The Morgan fingerprint density at radius 1 is 0.953 bits per heavy atom. The van der Waals surface area contributed by atoms with Crippen LogP contribution in [0.3, 0.4) is 0 Å². The molecule has 1 fully saturated rings. The van der Waals surface area contributed by atoms with Crippen LogP contribution in [0.4, 0.5) is 0 Å². The fourth-order valence-corrected chi connectivity index (χ4v) is 4.63. The molecular formula is C27H49N9O7. The smallest absolute Gasteiger partial charge is 0.326 e. The first-order chi connectivity index (χ1) is 20.1. The van der Waals surface area contributed by atoms with E-state index in [0.717, 1.165) is 0 Å². The number of hydrogen-bond acceptors (Lipinski definition) is 8. The molecule has 244 valence electrons. The zero-order chi connectivity index (χ0) is 32.9. The Labute approximate surface area is 252 Å². The van der Waals surface area contributed by atoms with Crippen LogP contribution in [0.1, 0.15) is 72.6 Å². The van der Waals surface area contributed by atoms with Crippen LogP contribution in [0.2, 0.25) is 0 Å². The van der Waals surface area contributed by atoms with Crippen LogP contribution < -0.4 is 38.9 Å². The van der Waals surface area contributed by atoms with Crippen LogP contribution in [-0.2, 0) is 28.8 Å². The third-order valence-corrected chi connectivity index (χ3v) is 7.50. The average molecular weight is 612 g/mol. The molecule has 1 aliphatic rings. The lowest BCUT2D eigenvalue weighted by Gasteiger charge is -2.31. The molecule has 1 heterocycles. The van der Waals surface area contributed by atoms with Crippen molar-refractivity contribution in [2.75, 3.05) is 13.1 Å². The molecule has 0 aromatic heterocycles. The molecular weight excluding hydrogens is 562 g/mol. The second kappa shape index (κ2) is 17.9. The molecule has 5 amide bonds. The van der Waals surface area contributed by atoms with Gasteiger partial charge >= 0.3 is 5.97 Å². The van der Waals surface area contributed by atoms with Crippen molar-refractivity contribution in [2.45, 2.75) is 103 Å². The molecule has 0 aliphatic carbocycles. The number of amides is 5. The van der Waals surface area contributed by atoms with E-state index in [1.54, 1.807) is 13.8 Å². The highest BCUT2D eigenvalue weighted by molar-refractivity contribution is 5.96. The van der Waals surface area contributed by atoms with E-state index in [0.29, 0.717) is 25.7 Å². The molecule has 43 heavy (non-hydrogen) atoms. The number of carbonyl (C=O) groups is 6. The van der Waals surface area contributed by atoms with E-state index >= 15 is 0 Å². The van der Waals surface area contributed by atoms with E-state index in [9.17, 15) is 33.9 Å². The van der Waals surface area contributed by atoms with E-state index in [4.69, 9.17) is 22.9 Å². The Balaban J connectivity index is 3.09. The lowest BCUT2D eigenvalue weighted by molar-refractivity contribution is -0.144. The minimum Gasteiger partial charge on any atom is -0.480 e. The molecule has 12 N–H and O–H groups in total. The number of aliphatic carboxylic acids is 1. The SMILES string of the molecule is CC[C@H](C)[C@H](N)C(=O)N[C@@H](CCCN=C(N)N)C(=O)N1CCC[C@H]1C(=O)N[C@H](C(=O)N[C@@H](CCC(N)=O)C(=O)O)C(C)C. The molecule has 1 rings (SSSR count). The number of likely N-dealkylation sites (tertiary alicyclic amines) is 1. The number of guanidine groups is 1. The van der Waals surface area contributed by atoms with Crippen LogP contribution in [0, 0.1) is 11.8 Å². The average Bonchev–Trinajstić information content (AvgIpc) is 3.43. The molecule has 16 nitrogen and oxygen atoms in total. The van der Waals surface area contributed by atoms with Crippen molar-refractivity contribution in [3.8, 4) is 0 Å². The third kappa shape index (κ3) is 12.1. The summed E-state index contributed by atoms with van der Waals surface area (Å²) >= 11 is 0. The summed E-state index contributed by atoms with van der Waals surface area (Å²) in [5, 5.41) is 17.2. The second-order valence-corrected chi connectivity index (χ2v) is 11.2. The molecule has 0 unspecified atom stereocenters. The fourth-order valence-electron chi connectivity index (χ4n) is 4.63. The van der Waals surface area contributed by atoms with Crippen molar-refractivity contribution in [1.82, 2.24) is 20.9 Å². The summed E-state index contributed by atoms with van der Waals surface area (Å²) in [5.41, 5.74) is 22.0. The van der Waals surface area contributed by atoms with Gasteiger partial charge in [0.2, 0.25) is 29.5 Å². The highest BCUT2D eigenvalue weighted by atomic mass is 16.4. The van der Waals surface area contributed by atoms with Crippen molar-refractivity contribution < 1.29 is 33.9 Å². The van der Waals surface area contributed by atoms with Gasteiger partial charge in [0.25, 0.3) is 0 Å². The van der Waals surface area contributed by atoms with Gasteiger partial charge in [-0.15, -0.1) is 0 Å². The van der Waals surface area contributed by atoms with Crippen LogP contribution in [0.15, 0.2) is 4.99 Å². The van der Waals surface area contributed by atoms with Crippen molar-refractivity contribution in [2.24, 2.45) is 39.8 Å². The predicted octanol–water partition coefficient (Wildman–Crippen LogP) is -2.14. The monoisotopic (exact) mass is 611 g/mol. The van der Waals surface area contributed by atoms with E-state index in [-0.39, 0.29) is 44.2 Å². The first-order valence-corrected chi connectivity index (χ1v) is 14.6. The normalized spacial score (nSPS) is 18.1. The zero-order valence-electron chi connectivity index (χ0n) is 25.5. The number of primary amides is 1. The molecule has 1 aliphatic heterocycles. The summed E-state index contributed by atoms with van der Waals surface area (Å²) in [7, 11) is 0. The second-order valence-electron chi connectivity index (χ2n) is 11.2. The number of carboxylic acid groups (broad SMARTS) is 1. The number of hydrogen-bond donors (Lipinski definition) is 8. The van der Waals surface area contributed by atoms with Gasteiger partial charge in [0.15, 0.2) is 5.96 Å². The Morgan fingerprint density at radius 3 is 2.12 bits per heavy atom. The molecule has 0 spiro atoms. The minimum atomic E-state index is -1.38. The van der Waals surface area contributed by atoms with Gasteiger partial charge in [-0.3, -0.25) is 29.0 Å². The molecule has 0 aromatic rings. The summed E-state index contributed by atoms with van der Waals surface area (Å²) in [6.07, 6.45) is 1.60. The topological polar surface area (TPSA) is 278 Å². The Bertz CT molecular complexity index is 1030. The number of carbonyl (C=O) groups excluding carboxylic acids is 5. The summed E-state index contributed by atoms with van der Waals surface area (Å²) < 4.78 is 0. The number of nitrogens with two attached hydrogens (primary N) is 4. The molecule has 0 bridgehead atoms. The number of nitrogens with one attached hydrogen (secondary N) is 3. The lowest BCUT2D eigenvalue weighted by atomic mass is 9.98. The maximum Gasteiger partial charge on any atom is 0.326 e. The van der Waals surface area contributed by atoms with E-state index in [1.807, 2.05) is 13.8 Å². The van der Waals surface area contributed by atoms with Gasteiger partial charge in [-0.25, -0.2) is 4.79 Å². The first-order valence-electron chi connectivity index (χ1n) is 14.6. The van der Waals surface area contributed by atoms with Gasteiger partial charge in [-0.2, -0.15) is 0 Å². The van der Waals surface area contributed by atoms with E-state index in [2.05, 4.69) is 20.9 Å². The zero-order valence-corrected chi connectivity index (χ0v) is 25.5.